The molecule has 1 unspecified atom stereocenters. The van der Waals surface area contributed by atoms with E-state index in [-0.39, 0.29) is 5.56 Å². The van der Waals surface area contributed by atoms with Crippen molar-refractivity contribution >= 4 is 17.6 Å². The fourth-order valence-corrected chi connectivity index (χ4v) is 2.11. The predicted molar refractivity (Wildman–Crippen MR) is 76.8 cm³/mol. The number of carbonyl (C=O) groups is 2. The molecule has 0 saturated heterocycles. The number of aliphatic carboxylic acids is 1. The van der Waals surface area contributed by atoms with Crippen LogP contribution >= 0.6 is 0 Å². The summed E-state index contributed by atoms with van der Waals surface area (Å²) in [4.78, 5) is 27.0. The first-order valence-electron chi connectivity index (χ1n) is 6.64. The highest BCUT2D eigenvalue weighted by atomic mass is 16.4. The maximum atomic E-state index is 11.5. The summed E-state index contributed by atoms with van der Waals surface area (Å²) in [7, 11) is 0. The van der Waals surface area contributed by atoms with E-state index in [1.165, 1.54) is 0 Å². The fourth-order valence-electron chi connectivity index (χ4n) is 2.11. The Morgan fingerprint density at radius 1 is 1.45 bits per heavy atom. The number of hydrogen-bond donors (Lipinski definition) is 3. The summed E-state index contributed by atoms with van der Waals surface area (Å²) in [5.41, 5.74) is 7.24. The lowest BCUT2D eigenvalue weighted by atomic mass is 10.1. The number of nitrogens with two attached hydrogens (primary N) is 1. The summed E-state index contributed by atoms with van der Waals surface area (Å²) in [5.74, 6) is -1.56. The number of carbonyl (C=O) groups excluding carboxylic acids is 1. The van der Waals surface area contributed by atoms with Crippen molar-refractivity contribution in [3.8, 4) is 0 Å². The van der Waals surface area contributed by atoms with E-state index in [0.29, 0.717) is 23.5 Å². The van der Waals surface area contributed by atoms with Gasteiger partial charge in [0.2, 0.25) is 0 Å². The second-order valence-corrected chi connectivity index (χ2v) is 4.81. The molecule has 0 aliphatic rings. The van der Waals surface area contributed by atoms with Gasteiger partial charge in [0.15, 0.2) is 0 Å². The van der Waals surface area contributed by atoms with Crippen LogP contribution in [-0.4, -0.2) is 28.0 Å². The van der Waals surface area contributed by atoms with Gasteiger partial charge >= 0.3 is 5.97 Å². The minimum Gasteiger partial charge on any atom is -0.480 e. The first kappa shape index (κ1) is 15.9. The lowest BCUT2D eigenvalue weighted by Crippen LogP contribution is -2.31. The fraction of sp³-hybridized carbons (Fsp3) is 0.500. The molecule has 1 heterocycles. The monoisotopic (exact) mass is 279 g/mol. The number of carboxylic acids is 1. The maximum Gasteiger partial charge on any atom is 0.326 e. The molecule has 0 fully saturated rings. The molecule has 0 bridgehead atoms. The zero-order valence-electron chi connectivity index (χ0n) is 12.1. The quantitative estimate of drug-likeness (QED) is 0.706. The number of primary amides is 1. The number of anilines is 1. The summed E-state index contributed by atoms with van der Waals surface area (Å²) in [5, 5.41) is 12.1. The average Bonchev–Trinajstić information content (AvgIpc) is 2.32. The van der Waals surface area contributed by atoms with Gasteiger partial charge < -0.3 is 16.2 Å². The average molecular weight is 279 g/mol. The predicted octanol–water partition coefficient (Wildman–Crippen LogP) is 1.85. The standard InChI is InChI=1S/C14H21N3O3/c1-4-5-6-10(14(19)20)17-11-7-8(2)16-9(3)12(11)13(15)18/h7,10H,4-6H2,1-3H3,(H2,15,18)(H,16,17)(H,19,20). The van der Waals surface area contributed by atoms with Crippen molar-refractivity contribution < 1.29 is 14.7 Å². The normalized spacial score (nSPS) is 11.9. The topological polar surface area (TPSA) is 105 Å². The van der Waals surface area contributed by atoms with Gasteiger partial charge in [-0.05, 0) is 26.3 Å². The van der Waals surface area contributed by atoms with Crippen molar-refractivity contribution in [2.24, 2.45) is 5.73 Å². The number of amides is 1. The first-order chi connectivity index (χ1) is 9.36. The Bertz CT molecular complexity index is 515. The van der Waals surface area contributed by atoms with Gasteiger partial charge in [0, 0.05) is 5.69 Å². The van der Waals surface area contributed by atoms with E-state index in [4.69, 9.17) is 5.73 Å². The van der Waals surface area contributed by atoms with Crippen molar-refractivity contribution in [3.05, 3.63) is 23.0 Å². The van der Waals surface area contributed by atoms with E-state index in [0.717, 1.165) is 12.8 Å². The van der Waals surface area contributed by atoms with Crippen LogP contribution in [0.4, 0.5) is 5.69 Å². The second-order valence-electron chi connectivity index (χ2n) is 4.81. The number of pyridine rings is 1. The number of aryl methyl sites for hydroxylation is 2. The van der Waals surface area contributed by atoms with Crippen molar-refractivity contribution in [2.45, 2.75) is 46.1 Å². The number of unbranched alkanes of at least 4 members (excludes halogenated alkanes) is 1. The van der Waals surface area contributed by atoms with Crippen LogP contribution in [0.15, 0.2) is 6.07 Å². The molecule has 1 rings (SSSR count). The van der Waals surface area contributed by atoms with E-state index >= 15 is 0 Å². The zero-order chi connectivity index (χ0) is 15.3. The third-order valence-corrected chi connectivity index (χ3v) is 3.05. The second kappa shape index (κ2) is 6.88. The van der Waals surface area contributed by atoms with E-state index in [1.54, 1.807) is 19.9 Å². The SMILES string of the molecule is CCCCC(Nc1cc(C)nc(C)c1C(N)=O)C(=O)O. The molecule has 110 valence electrons. The Kier molecular flexibility index (Phi) is 5.49. The van der Waals surface area contributed by atoms with Gasteiger partial charge in [-0.3, -0.25) is 9.78 Å². The van der Waals surface area contributed by atoms with Crippen molar-refractivity contribution in [1.29, 1.82) is 0 Å². The summed E-state index contributed by atoms with van der Waals surface area (Å²) >= 11 is 0. The molecule has 1 amide bonds. The number of nitrogens with one attached hydrogen (secondary N) is 1. The van der Waals surface area contributed by atoms with E-state index in [9.17, 15) is 14.7 Å². The molecule has 0 radical (unpaired) electrons. The van der Waals surface area contributed by atoms with Crippen LogP contribution in [0.1, 0.15) is 47.9 Å². The van der Waals surface area contributed by atoms with Crippen molar-refractivity contribution in [1.82, 2.24) is 4.98 Å². The minimum atomic E-state index is -0.944. The third kappa shape index (κ3) is 3.94. The molecule has 1 atom stereocenters. The summed E-state index contributed by atoms with van der Waals surface area (Å²) in [6.45, 7) is 5.46. The molecule has 0 aromatic carbocycles. The van der Waals surface area contributed by atoms with Crippen LogP contribution < -0.4 is 11.1 Å². The van der Waals surface area contributed by atoms with Gasteiger partial charge in [-0.15, -0.1) is 0 Å². The minimum absolute atomic E-state index is 0.248. The molecule has 1 aromatic rings. The van der Waals surface area contributed by atoms with Crippen LogP contribution in [-0.2, 0) is 4.79 Å². The van der Waals surface area contributed by atoms with Crippen LogP contribution in [0.25, 0.3) is 0 Å². The van der Waals surface area contributed by atoms with Gasteiger partial charge in [-0.25, -0.2) is 4.79 Å². The Morgan fingerprint density at radius 3 is 2.60 bits per heavy atom. The Balaban J connectivity index is 3.11. The van der Waals surface area contributed by atoms with E-state index in [1.807, 2.05) is 6.92 Å². The summed E-state index contributed by atoms with van der Waals surface area (Å²) < 4.78 is 0. The largest absolute Gasteiger partial charge is 0.480 e. The highest BCUT2D eigenvalue weighted by Crippen LogP contribution is 2.21. The van der Waals surface area contributed by atoms with Gasteiger partial charge in [-0.1, -0.05) is 19.8 Å². The molecule has 0 spiro atoms. The van der Waals surface area contributed by atoms with Gasteiger partial charge in [-0.2, -0.15) is 0 Å². The van der Waals surface area contributed by atoms with Crippen molar-refractivity contribution in [2.75, 3.05) is 5.32 Å². The molecule has 4 N–H and O–H groups in total. The van der Waals surface area contributed by atoms with Crippen LogP contribution in [0.2, 0.25) is 0 Å². The number of hydrogen-bond acceptors (Lipinski definition) is 4. The summed E-state index contributed by atoms with van der Waals surface area (Å²) in [6.07, 6.45) is 2.19. The maximum absolute atomic E-state index is 11.5. The lowest BCUT2D eigenvalue weighted by Gasteiger charge is -2.18. The van der Waals surface area contributed by atoms with E-state index < -0.39 is 17.9 Å². The zero-order valence-corrected chi connectivity index (χ0v) is 12.1. The number of aromatic nitrogens is 1. The smallest absolute Gasteiger partial charge is 0.326 e. The molecule has 0 saturated carbocycles. The van der Waals surface area contributed by atoms with Gasteiger partial charge in [0.05, 0.1) is 16.9 Å². The molecular formula is C14H21N3O3. The third-order valence-electron chi connectivity index (χ3n) is 3.05. The molecule has 0 aliphatic heterocycles. The highest BCUT2D eigenvalue weighted by molar-refractivity contribution is 6.00. The number of rotatable bonds is 7. The Hall–Kier alpha value is -2.11. The Morgan fingerprint density at radius 2 is 2.10 bits per heavy atom. The molecule has 6 nitrogen and oxygen atoms in total. The van der Waals surface area contributed by atoms with Crippen LogP contribution in [0, 0.1) is 13.8 Å². The molecule has 0 aliphatic carbocycles. The highest BCUT2D eigenvalue weighted by Gasteiger charge is 2.21. The lowest BCUT2D eigenvalue weighted by molar-refractivity contribution is -0.138. The Labute approximate surface area is 118 Å². The van der Waals surface area contributed by atoms with Crippen LogP contribution in [0.5, 0.6) is 0 Å². The molecule has 6 heteroatoms. The molecule has 20 heavy (non-hydrogen) atoms. The van der Waals surface area contributed by atoms with Gasteiger partial charge in [0.1, 0.15) is 6.04 Å². The number of nitrogens with zero attached hydrogens (tertiary/aromatic N) is 1. The molecule has 1 aromatic heterocycles. The van der Waals surface area contributed by atoms with E-state index in [2.05, 4.69) is 10.3 Å². The number of carboxylic acid groups (broad SMARTS) is 1. The molecular weight excluding hydrogens is 258 g/mol. The van der Waals surface area contributed by atoms with Gasteiger partial charge in [0.25, 0.3) is 5.91 Å². The van der Waals surface area contributed by atoms with Crippen LogP contribution in [0.3, 0.4) is 0 Å². The van der Waals surface area contributed by atoms with Crippen molar-refractivity contribution in [3.63, 3.8) is 0 Å². The summed E-state index contributed by atoms with van der Waals surface area (Å²) in [6, 6.07) is 0.906. The first-order valence-corrected chi connectivity index (χ1v) is 6.64.